The molecule has 1 saturated carbocycles. The highest BCUT2D eigenvalue weighted by Gasteiger charge is 2.49. The molecule has 5 heteroatoms. The number of ether oxygens (including phenoxy) is 1. The molecule has 88 valence electrons. The maximum absolute atomic E-state index is 11.4. The second-order valence-electron chi connectivity index (χ2n) is 4.15. The molecule has 0 aliphatic heterocycles. The number of primary amides is 1. The molecule has 1 aliphatic rings. The van der Waals surface area contributed by atoms with Gasteiger partial charge in [-0.3, -0.25) is 10.1 Å². The summed E-state index contributed by atoms with van der Waals surface area (Å²) in [4.78, 5) is 12.6. The summed E-state index contributed by atoms with van der Waals surface area (Å²) in [6, 6.07) is 4.04. The van der Waals surface area contributed by atoms with Crippen LogP contribution in [0.3, 0.4) is 0 Å². The Labute approximate surface area is 98.8 Å². The lowest BCUT2D eigenvalue weighted by Crippen LogP contribution is -2.65. The summed E-state index contributed by atoms with van der Waals surface area (Å²) in [5.74, 6) is -0.280. The van der Waals surface area contributed by atoms with Crippen molar-refractivity contribution in [2.75, 3.05) is 7.11 Å². The Morgan fingerprint density at radius 3 is 3.00 bits per heavy atom. The predicted molar refractivity (Wildman–Crippen MR) is 63.1 cm³/mol. The average Bonchev–Trinajstić information content (AvgIpc) is 2.68. The molecule has 2 rings (SSSR count). The fraction of sp³-hybridized carbons (Fsp3) is 0.545. The van der Waals surface area contributed by atoms with Crippen LogP contribution in [-0.2, 0) is 16.1 Å². The van der Waals surface area contributed by atoms with E-state index in [1.807, 2.05) is 17.5 Å². The van der Waals surface area contributed by atoms with Gasteiger partial charge < -0.3 is 10.5 Å². The molecule has 3 N–H and O–H groups in total. The first-order valence-electron chi connectivity index (χ1n) is 5.26. The van der Waals surface area contributed by atoms with Crippen molar-refractivity contribution in [1.29, 1.82) is 0 Å². The van der Waals surface area contributed by atoms with Crippen LogP contribution in [-0.4, -0.2) is 24.7 Å². The van der Waals surface area contributed by atoms with Crippen molar-refractivity contribution in [2.45, 2.75) is 31.0 Å². The molecule has 1 heterocycles. The molecule has 4 nitrogen and oxygen atoms in total. The van der Waals surface area contributed by atoms with Crippen molar-refractivity contribution in [3.8, 4) is 0 Å². The van der Waals surface area contributed by atoms with Crippen LogP contribution in [0.2, 0.25) is 0 Å². The van der Waals surface area contributed by atoms with Crippen LogP contribution in [0.15, 0.2) is 17.5 Å². The highest BCUT2D eigenvalue weighted by molar-refractivity contribution is 7.09. The maximum Gasteiger partial charge on any atom is 0.237 e. The molecule has 1 amide bonds. The number of thiophene rings is 1. The van der Waals surface area contributed by atoms with Crippen LogP contribution in [0.25, 0.3) is 0 Å². The van der Waals surface area contributed by atoms with Gasteiger partial charge in [0.1, 0.15) is 5.54 Å². The molecule has 1 fully saturated rings. The zero-order chi connectivity index (χ0) is 11.6. The Kier molecular flexibility index (Phi) is 3.28. The van der Waals surface area contributed by atoms with Gasteiger partial charge in [0.15, 0.2) is 0 Å². The summed E-state index contributed by atoms with van der Waals surface area (Å²) in [5.41, 5.74) is 4.87. The molecule has 1 aromatic heterocycles. The van der Waals surface area contributed by atoms with E-state index in [0.29, 0.717) is 19.4 Å². The molecule has 0 aromatic carbocycles. The number of nitrogens with one attached hydrogen (secondary N) is 1. The molecule has 16 heavy (non-hydrogen) atoms. The third-order valence-corrected chi connectivity index (χ3v) is 4.01. The van der Waals surface area contributed by atoms with E-state index in [1.54, 1.807) is 18.4 Å². The number of amides is 1. The lowest BCUT2D eigenvalue weighted by Gasteiger charge is -2.45. The molecule has 0 spiro atoms. The Hall–Kier alpha value is -0.910. The highest BCUT2D eigenvalue weighted by atomic mass is 32.1. The third kappa shape index (κ3) is 2.11. The zero-order valence-electron chi connectivity index (χ0n) is 9.23. The van der Waals surface area contributed by atoms with Crippen LogP contribution in [0.1, 0.15) is 17.7 Å². The van der Waals surface area contributed by atoms with Crippen molar-refractivity contribution in [3.63, 3.8) is 0 Å². The quantitative estimate of drug-likeness (QED) is 0.802. The summed E-state index contributed by atoms with van der Waals surface area (Å²) in [5, 5.41) is 5.28. The van der Waals surface area contributed by atoms with E-state index < -0.39 is 5.54 Å². The van der Waals surface area contributed by atoms with Crippen molar-refractivity contribution in [1.82, 2.24) is 5.32 Å². The van der Waals surface area contributed by atoms with Crippen molar-refractivity contribution < 1.29 is 9.53 Å². The number of hydrogen-bond donors (Lipinski definition) is 2. The van der Waals surface area contributed by atoms with Crippen molar-refractivity contribution >= 4 is 17.2 Å². The van der Waals surface area contributed by atoms with E-state index in [4.69, 9.17) is 10.5 Å². The minimum absolute atomic E-state index is 0.156. The third-order valence-electron chi connectivity index (χ3n) is 3.14. The monoisotopic (exact) mass is 240 g/mol. The van der Waals surface area contributed by atoms with Gasteiger partial charge >= 0.3 is 0 Å². The van der Waals surface area contributed by atoms with E-state index >= 15 is 0 Å². The Morgan fingerprint density at radius 1 is 1.75 bits per heavy atom. The normalized spacial score (nSPS) is 28.7. The molecule has 0 atom stereocenters. The number of methoxy groups -OCH3 is 1. The van der Waals surface area contributed by atoms with Gasteiger partial charge in [-0.25, -0.2) is 0 Å². The van der Waals surface area contributed by atoms with Gasteiger partial charge in [0.05, 0.1) is 6.10 Å². The number of nitrogens with two attached hydrogens (primary N) is 1. The van der Waals surface area contributed by atoms with Gasteiger partial charge in [-0.2, -0.15) is 0 Å². The van der Waals surface area contributed by atoms with E-state index in [1.165, 1.54) is 4.88 Å². The summed E-state index contributed by atoms with van der Waals surface area (Å²) in [6.45, 7) is 0.692. The molecule has 0 unspecified atom stereocenters. The summed E-state index contributed by atoms with van der Waals surface area (Å²) >= 11 is 1.67. The first-order valence-corrected chi connectivity index (χ1v) is 6.14. The Bertz CT molecular complexity index is 358. The van der Waals surface area contributed by atoms with E-state index in [9.17, 15) is 4.79 Å². The fourth-order valence-electron chi connectivity index (χ4n) is 1.99. The van der Waals surface area contributed by atoms with Gasteiger partial charge in [-0.15, -0.1) is 11.3 Å². The van der Waals surface area contributed by atoms with E-state index in [0.717, 1.165) is 0 Å². The van der Waals surface area contributed by atoms with Gasteiger partial charge in [-0.1, -0.05) is 6.07 Å². The minimum Gasteiger partial charge on any atom is -0.381 e. The molecule has 0 saturated heterocycles. The van der Waals surface area contributed by atoms with Crippen LogP contribution in [0.4, 0.5) is 0 Å². The van der Waals surface area contributed by atoms with Crippen molar-refractivity contribution in [3.05, 3.63) is 22.4 Å². The van der Waals surface area contributed by atoms with Gasteiger partial charge in [-0.05, 0) is 11.4 Å². The van der Waals surface area contributed by atoms with Crippen LogP contribution in [0.5, 0.6) is 0 Å². The SMILES string of the molecule is COC1CC(NCc2cccs2)(C(N)=O)C1. The Balaban J connectivity index is 1.92. The van der Waals surface area contributed by atoms with Gasteiger partial charge in [0.25, 0.3) is 0 Å². The molecular formula is C11H16N2O2S. The molecule has 1 aromatic rings. The lowest BCUT2D eigenvalue weighted by molar-refractivity contribution is -0.135. The maximum atomic E-state index is 11.4. The summed E-state index contributed by atoms with van der Waals surface area (Å²) < 4.78 is 5.18. The van der Waals surface area contributed by atoms with E-state index in [2.05, 4.69) is 5.32 Å². The Morgan fingerprint density at radius 2 is 2.50 bits per heavy atom. The van der Waals surface area contributed by atoms with Crippen LogP contribution < -0.4 is 11.1 Å². The summed E-state index contributed by atoms with van der Waals surface area (Å²) in [6.07, 6.45) is 1.50. The fourth-order valence-corrected chi connectivity index (χ4v) is 2.63. The smallest absolute Gasteiger partial charge is 0.237 e. The first-order chi connectivity index (χ1) is 7.66. The van der Waals surface area contributed by atoms with Crippen LogP contribution in [0, 0.1) is 0 Å². The minimum atomic E-state index is -0.565. The second kappa shape index (κ2) is 4.53. The number of carbonyl (C=O) groups is 1. The average molecular weight is 240 g/mol. The lowest BCUT2D eigenvalue weighted by atomic mass is 9.73. The van der Waals surface area contributed by atoms with Gasteiger partial charge in [0, 0.05) is 31.4 Å². The molecule has 0 radical (unpaired) electrons. The topological polar surface area (TPSA) is 64.3 Å². The standard InChI is InChI=1S/C11H16N2O2S/c1-15-8-5-11(6-8,10(12)14)13-7-9-3-2-4-16-9/h2-4,8,13H,5-7H2,1H3,(H2,12,14). The largest absolute Gasteiger partial charge is 0.381 e. The molecular weight excluding hydrogens is 224 g/mol. The van der Waals surface area contributed by atoms with Gasteiger partial charge in [0.2, 0.25) is 5.91 Å². The number of carbonyl (C=O) groups excluding carboxylic acids is 1. The first kappa shape index (κ1) is 11.6. The second-order valence-corrected chi connectivity index (χ2v) is 5.18. The number of hydrogen-bond acceptors (Lipinski definition) is 4. The van der Waals surface area contributed by atoms with Crippen LogP contribution >= 0.6 is 11.3 Å². The summed E-state index contributed by atoms with van der Waals surface area (Å²) in [7, 11) is 1.66. The van der Waals surface area contributed by atoms with E-state index in [-0.39, 0.29) is 12.0 Å². The van der Waals surface area contributed by atoms with Crippen molar-refractivity contribution in [2.24, 2.45) is 5.73 Å². The predicted octanol–water partition coefficient (Wildman–Crippen LogP) is 0.871. The highest BCUT2D eigenvalue weighted by Crippen LogP contribution is 2.34. The molecule has 0 bridgehead atoms. The number of rotatable bonds is 5. The molecule has 1 aliphatic carbocycles. The zero-order valence-corrected chi connectivity index (χ0v) is 10.0.